The van der Waals surface area contributed by atoms with Crippen LogP contribution < -0.4 is 0 Å². The largest absolute Gasteiger partial charge is 0.455 e. The summed E-state index contributed by atoms with van der Waals surface area (Å²) in [6.45, 7) is 10.9. The molecular formula is C28H43NO8. The Hall–Kier alpha value is -2.07. The number of rotatable bonds is 4. The first-order valence-corrected chi connectivity index (χ1v) is 13.3. The van der Waals surface area contributed by atoms with Gasteiger partial charge in [-0.15, -0.1) is 0 Å². The smallest absolute Gasteiger partial charge is 0.306 e. The number of nitrogens with zero attached hydrogens (tertiary/aromatic N) is 1. The summed E-state index contributed by atoms with van der Waals surface area (Å²) >= 11 is 0. The molecule has 37 heavy (non-hydrogen) atoms. The molecule has 2 fully saturated rings. The number of hydrogen-bond acceptors (Lipinski definition) is 9. The van der Waals surface area contributed by atoms with Crippen molar-refractivity contribution < 1.29 is 38.8 Å². The number of aliphatic hydroxyl groups excluding tert-OH is 2. The van der Waals surface area contributed by atoms with Crippen molar-refractivity contribution in [2.45, 2.75) is 117 Å². The van der Waals surface area contributed by atoms with E-state index >= 15 is 0 Å². The molecule has 0 amide bonds. The van der Waals surface area contributed by atoms with Crippen LogP contribution in [-0.2, 0) is 25.7 Å². The van der Waals surface area contributed by atoms with Crippen molar-refractivity contribution in [3.8, 4) is 0 Å². The maximum Gasteiger partial charge on any atom is 0.306 e. The molecule has 0 saturated carbocycles. The maximum atomic E-state index is 13.4. The van der Waals surface area contributed by atoms with Gasteiger partial charge in [0.2, 0.25) is 11.7 Å². The van der Waals surface area contributed by atoms with Crippen molar-refractivity contribution in [1.82, 2.24) is 4.98 Å². The van der Waals surface area contributed by atoms with Crippen LogP contribution in [0.15, 0.2) is 16.3 Å². The van der Waals surface area contributed by atoms with E-state index in [1.807, 2.05) is 20.8 Å². The number of carbonyl (C=O) groups is 2. The molecule has 0 aliphatic carbocycles. The molecule has 6 atom stereocenters. The summed E-state index contributed by atoms with van der Waals surface area (Å²) in [5.74, 6) is -1.95. The number of Topliss-reactive ketones (excluding diaryl/α,β-unsaturated/α-hetero) is 1. The van der Waals surface area contributed by atoms with Gasteiger partial charge in [0, 0.05) is 17.8 Å². The lowest BCUT2D eigenvalue weighted by Crippen LogP contribution is -2.47. The summed E-state index contributed by atoms with van der Waals surface area (Å²) in [4.78, 5) is 30.5. The maximum absolute atomic E-state index is 13.4. The van der Waals surface area contributed by atoms with Gasteiger partial charge in [0.25, 0.3) is 0 Å². The van der Waals surface area contributed by atoms with Crippen LogP contribution in [0.25, 0.3) is 6.08 Å². The highest BCUT2D eigenvalue weighted by molar-refractivity contribution is 5.86. The molecule has 2 aliphatic heterocycles. The molecule has 3 rings (SSSR count). The predicted octanol–water partition coefficient (Wildman–Crippen LogP) is 3.93. The second kappa shape index (κ2) is 11.4. The van der Waals surface area contributed by atoms with Gasteiger partial charge in [-0.2, -0.15) is 0 Å². The van der Waals surface area contributed by atoms with Gasteiger partial charge in [0.15, 0.2) is 12.2 Å². The molecule has 1 aromatic heterocycles. The van der Waals surface area contributed by atoms with Crippen molar-refractivity contribution in [2.24, 2.45) is 17.3 Å². The van der Waals surface area contributed by atoms with Gasteiger partial charge in [0.05, 0.1) is 0 Å². The van der Waals surface area contributed by atoms with E-state index in [9.17, 15) is 24.9 Å². The average Bonchev–Trinajstić information content (AvgIpc) is 3.16. The van der Waals surface area contributed by atoms with E-state index in [0.29, 0.717) is 30.0 Å². The monoisotopic (exact) mass is 521 g/mol. The van der Waals surface area contributed by atoms with Gasteiger partial charge in [-0.05, 0) is 57.1 Å². The van der Waals surface area contributed by atoms with E-state index in [-0.39, 0.29) is 30.6 Å². The number of carbonyl (C=O) groups excluding carboxylic acids is 2. The van der Waals surface area contributed by atoms with Gasteiger partial charge < -0.3 is 29.2 Å². The van der Waals surface area contributed by atoms with Crippen molar-refractivity contribution in [2.75, 3.05) is 0 Å². The molecule has 208 valence electrons. The van der Waals surface area contributed by atoms with E-state index in [1.165, 1.54) is 6.26 Å². The zero-order chi connectivity index (χ0) is 27.6. The Balaban J connectivity index is 1.91. The van der Waals surface area contributed by atoms with Crippen molar-refractivity contribution in [3.63, 3.8) is 0 Å². The Kier molecular flexibility index (Phi) is 9.05. The summed E-state index contributed by atoms with van der Waals surface area (Å²) < 4.78 is 16.6. The number of ketones is 1. The van der Waals surface area contributed by atoms with Crippen LogP contribution in [-0.4, -0.2) is 55.7 Å². The number of hydrogen-bond donors (Lipinski definition) is 3. The molecule has 0 aromatic carbocycles. The average molecular weight is 522 g/mol. The molecule has 1 aromatic rings. The minimum atomic E-state index is -1.88. The zero-order valence-corrected chi connectivity index (χ0v) is 23.0. The van der Waals surface area contributed by atoms with Crippen LogP contribution in [0.2, 0.25) is 0 Å². The molecule has 2 aliphatic rings. The molecule has 9 heteroatoms. The van der Waals surface area contributed by atoms with Gasteiger partial charge in [-0.1, -0.05) is 40.5 Å². The fourth-order valence-electron chi connectivity index (χ4n) is 5.45. The Morgan fingerprint density at radius 3 is 2.57 bits per heavy atom. The lowest BCUT2D eigenvalue weighted by atomic mass is 9.74. The summed E-state index contributed by atoms with van der Waals surface area (Å²) in [7, 11) is 0. The Labute approximate surface area is 219 Å². The zero-order valence-electron chi connectivity index (χ0n) is 23.0. The predicted molar refractivity (Wildman–Crippen MR) is 136 cm³/mol. The minimum Gasteiger partial charge on any atom is -0.455 e. The molecule has 0 radical (unpaired) electrons. The van der Waals surface area contributed by atoms with Crippen LogP contribution in [0.5, 0.6) is 0 Å². The van der Waals surface area contributed by atoms with E-state index in [4.69, 9.17) is 13.9 Å². The van der Waals surface area contributed by atoms with Crippen LogP contribution in [0.4, 0.5) is 0 Å². The molecule has 3 N–H and O–H groups in total. The van der Waals surface area contributed by atoms with E-state index in [0.717, 1.165) is 25.7 Å². The summed E-state index contributed by atoms with van der Waals surface area (Å²) in [6, 6.07) is 0. The number of fused-ring (bicyclic) bond motifs is 1. The lowest BCUT2D eigenvalue weighted by molar-refractivity contribution is -0.165. The second-order valence-electron chi connectivity index (χ2n) is 11.7. The lowest BCUT2D eigenvalue weighted by Gasteiger charge is -2.31. The Morgan fingerprint density at radius 1 is 1.24 bits per heavy atom. The number of ether oxygens (including phenoxy) is 2. The minimum absolute atomic E-state index is 0.0175. The molecule has 0 spiro atoms. The highest BCUT2D eigenvalue weighted by Crippen LogP contribution is 2.53. The van der Waals surface area contributed by atoms with Gasteiger partial charge in [0.1, 0.15) is 29.9 Å². The Bertz CT molecular complexity index is 1000. The third kappa shape index (κ3) is 6.50. The van der Waals surface area contributed by atoms with E-state index in [1.54, 1.807) is 19.9 Å². The molecule has 2 saturated heterocycles. The van der Waals surface area contributed by atoms with Crippen LogP contribution in [0.1, 0.15) is 98.1 Å². The molecule has 9 nitrogen and oxygen atoms in total. The fourth-order valence-corrected chi connectivity index (χ4v) is 5.45. The summed E-state index contributed by atoms with van der Waals surface area (Å²) in [5, 5.41) is 31.7. The SMILES string of the molecule is CCC1CC(C)CCCC2(C)OC2(O)C(O)C(C(C)=Cc2coc(CO)n2)OC(=O)CCC(C)(C)C1=O. The quantitative estimate of drug-likeness (QED) is 0.397. The number of esters is 1. The first-order valence-electron chi connectivity index (χ1n) is 13.3. The highest BCUT2D eigenvalue weighted by Gasteiger charge is 2.71. The molecule has 3 heterocycles. The molecule has 0 bridgehead atoms. The topological polar surface area (TPSA) is 143 Å². The number of aromatic nitrogens is 1. The fraction of sp³-hybridized carbons (Fsp3) is 0.750. The first kappa shape index (κ1) is 29.5. The number of cyclic esters (lactones) is 1. The normalized spacial score (nSPS) is 36.1. The van der Waals surface area contributed by atoms with Crippen molar-refractivity contribution in [1.29, 1.82) is 0 Å². The Morgan fingerprint density at radius 2 is 1.95 bits per heavy atom. The standard InChI is InChI=1S/C28H43NO8/c1-7-19-13-17(2)9-8-11-27(6)28(34,37-27)25(33)23(18(3)14-20-16-35-21(15-30)29-20)36-22(31)10-12-26(4,5)24(19)32/h14,16-17,19,23,25,30,33-34H,7-13,15H2,1-6H3. The highest BCUT2D eigenvalue weighted by atomic mass is 16.8. The van der Waals surface area contributed by atoms with Crippen molar-refractivity contribution in [3.05, 3.63) is 23.4 Å². The third-order valence-corrected chi connectivity index (χ3v) is 8.09. The third-order valence-electron chi connectivity index (χ3n) is 8.09. The van der Waals surface area contributed by atoms with Crippen LogP contribution >= 0.6 is 0 Å². The molecule has 6 unspecified atom stereocenters. The van der Waals surface area contributed by atoms with E-state index in [2.05, 4.69) is 11.9 Å². The number of aliphatic hydroxyl groups is 3. The van der Waals surface area contributed by atoms with Crippen LogP contribution in [0.3, 0.4) is 0 Å². The van der Waals surface area contributed by atoms with Gasteiger partial charge >= 0.3 is 5.97 Å². The summed E-state index contributed by atoms with van der Waals surface area (Å²) in [5.41, 5.74) is -0.905. The van der Waals surface area contributed by atoms with Gasteiger partial charge in [-0.25, -0.2) is 4.98 Å². The second-order valence-corrected chi connectivity index (χ2v) is 11.7. The number of epoxide rings is 1. The molecular weight excluding hydrogens is 478 g/mol. The number of oxazole rings is 1. The van der Waals surface area contributed by atoms with Crippen LogP contribution in [0, 0.1) is 17.3 Å². The first-order chi connectivity index (χ1) is 17.3. The van der Waals surface area contributed by atoms with Gasteiger partial charge in [-0.3, -0.25) is 9.59 Å². The van der Waals surface area contributed by atoms with Crippen molar-refractivity contribution >= 4 is 17.8 Å². The van der Waals surface area contributed by atoms with E-state index < -0.39 is 35.0 Å². The summed E-state index contributed by atoms with van der Waals surface area (Å²) in [6.07, 6.45) is 4.07.